The average molecular weight is 678 g/mol. The first kappa shape index (κ1) is 33.4. The molecule has 0 unspecified atom stereocenters. The van der Waals surface area contributed by atoms with Gasteiger partial charge in [-0.25, -0.2) is 9.78 Å². The molecule has 223 valence electrons. The number of nitrogens with one attached hydrogen (secondary N) is 1. The van der Waals surface area contributed by atoms with Gasteiger partial charge in [-0.3, -0.25) is 29.5 Å². The van der Waals surface area contributed by atoms with E-state index in [0.717, 1.165) is 34.2 Å². The molecule has 1 N–H and O–H groups in total. The smallest absolute Gasteiger partial charge is 0.549 e. The molecule has 0 spiro atoms. The Morgan fingerprint density at radius 1 is 0.614 bits per heavy atom. The molecule has 6 heterocycles. The van der Waals surface area contributed by atoms with Gasteiger partial charge in [0.05, 0.1) is 34.2 Å². The molecule has 44 heavy (non-hydrogen) atoms. The van der Waals surface area contributed by atoms with Gasteiger partial charge in [0, 0.05) is 37.6 Å². The maximum Gasteiger partial charge on any atom is 1.00 e. The Balaban J connectivity index is 0.000000183. The van der Waals surface area contributed by atoms with Crippen molar-refractivity contribution in [1.29, 1.82) is 0 Å². The second-order valence-electron chi connectivity index (χ2n) is 8.60. The van der Waals surface area contributed by atoms with Crippen LogP contribution in [0.25, 0.3) is 40.1 Å². The molecule has 13 heteroatoms. The summed E-state index contributed by atoms with van der Waals surface area (Å²) < 4.78 is 0. The molecule has 1 aliphatic heterocycles. The van der Waals surface area contributed by atoms with Gasteiger partial charge in [-0.15, -0.1) is 5.06 Å². The van der Waals surface area contributed by atoms with E-state index < -0.39 is 24.4 Å². The molecule has 1 radical (unpaired) electrons. The molecule has 0 bridgehead atoms. The first-order valence-corrected chi connectivity index (χ1v) is 13.0. The van der Waals surface area contributed by atoms with Gasteiger partial charge < -0.3 is 15.6 Å². The fraction of sp³-hybridized carbons (Fsp3) is 0.0968. The van der Waals surface area contributed by atoms with E-state index in [1.165, 1.54) is 0 Å². The summed E-state index contributed by atoms with van der Waals surface area (Å²) in [5.41, 5.74) is 5.29. The molecular weight excluding hydrogens is 651 g/mol. The second-order valence-corrected chi connectivity index (χ2v) is 8.60. The Labute approximate surface area is 266 Å². The molecule has 1 saturated heterocycles. The molecule has 12 nitrogen and oxygen atoms in total. The van der Waals surface area contributed by atoms with Crippen molar-refractivity contribution >= 4 is 17.8 Å². The Hall–Kier alpha value is -5.10. The average Bonchev–Trinajstić information content (AvgIpc) is 3.39. The van der Waals surface area contributed by atoms with Gasteiger partial charge in [0.25, 0.3) is 11.8 Å². The minimum Gasteiger partial charge on any atom is -0.549 e. The molecule has 0 aliphatic carbocycles. The van der Waals surface area contributed by atoms with Crippen LogP contribution in [0, 0.1) is 0 Å². The molecule has 0 aromatic carbocycles. The first-order valence-electron chi connectivity index (χ1n) is 13.0. The van der Waals surface area contributed by atoms with E-state index in [1.807, 2.05) is 91.0 Å². The number of hydroxylamine groups is 2. The second kappa shape index (κ2) is 17.8. The van der Waals surface area contributed by atoms with Crippen LogP contribution in [0.15, 0.2) is 116 Å². The van der Waals surface area contributed by atoms with Gasteiger partial charge in [0.1, 0.15) is 6.61 Å². The predicted molar refractivity (Wildman–Crippen MR) is 156 cm³/mol. The summed E-state index contributed by atoms with van der Waals surface area (Å²) in [5.74, 6) is 4.17. The van der Waals surface area contributed by atoms with Gasteiger partial charge in [-0.05, 0) is 60.7 Å². The van der Waals surface area contributed by atoms with E-state index >= 15 is 0 Å². The maximum absolute atomic E-state index is 10.9. The van der Waals surface area contributed by atoms with Crippen LogP contribution in [0.5, 0.6) is 0 Å². The van der Waals surface area contributed by atoms with Crippen LogP contribution in [-0.2, 0) is 43.5 Å². The van der Waals surface area contributed by atoms with Crippen molar-refractivity contribution < 1.29 is 43.5 Å². The quantitative estimate of drug-likeness (QED) is 0.137. The number of imide groups is 1. The molecule has 5 aromatic heterocycles. The van der Waals surface area contributed by atoms with E-state index in [4.69, 9.17) is 5.90 Å². The third-order valence-corrected chi connectivity index (χ3v) is 5.58. The summed E-state index contributed by atoms with van der Waals surface area (Å²) in [7, 11) is 0. The third-order valence-electron chi connectivity index (χ3n) is 5.58. The number of rotatable bonds is 6. The summed E-state index contributed by atoms with van der Waals surface area (Å²) >= 11 is 0. The summed E-state index contributed by atoms with van der Waals surface area (Å²) in [6.45, 7) is -0.614. The van der Waals surface area contributed by atoms with Crippen molar-refractivity contribution in [3.63, 3.8) is 0 Å². The Morgan fingerprint density at radius 3 is 1.32 bits per heavy atom. The summed E-state index contributed by atoms with van der Waals surface area (Å²) in [6, 6.07) is 29.1. The zero-order valence-electron chi connectivity index (χ0n) is 23.2. The maximum atomic E-state index is 10.9. The van der Waals surface area contributed by atoms with Crippen LogP contribution in [0.3, 0.4) is 0 Å². The third kappa shape index (κ3) is 10.0. The number of carbonyl (C=O) groups excluding carboxylic acids is 3. The fourth-order valence-corrected chi connectivity index (χ4v) is 3.62. The van der Waals surface area contributed by atoms with Crippen LogP contribution in [0.2, 0.25) is 0 Å². The minimum atomic E-state index is -0.946. The van der Waals surface area contributed by atoms with E-state index in [1.54, 1.807) is 24.8 Å². The monoisotopic (exact) mass is 678 g/mol. The van der Waals surface area contributed by atoms with Crippen molar-refractivity contribution in [3.05, 3.63) is 122 Å². The molecule has 6 rings (SSSR count). The topological polar surface area (TPSA) is 161 Å². The number of carbonyl (C=O) groups is 3. The standard InChI is InChI=1S/C15H11N3.C10H8N2.C6H7N2O5.Ru/c1-3-10-16-12(6-1)14-8-5-9-15(18-14)13-7-2-4-11-17-13;1-3-7-11-9(5-1)10-6-2-4-8-12-10;7-12-3-6(11)13-8-4(9)1-2-5(8)10;/h1-11H;1-8H;7H,1-3H2;/q;;-1;+1. The molecule has 2 amide bonds. The Kier molecular flexibility index (Phi) is 13.5. The zero-order chi connectivity index (χ0) is 30.3. The Morgan fingerprint density at radius 2 is 0.977 bits per heavy atom. The van der Waals surface area contributed by atoms with E-state index in [9.17, 15) is 14.4 Å². The molecule has 0 atom stereocenters. The molecule has 0 saturated carbocycles. The van der Waals surface area contributed by atoms with Gasteiger partial charge in [0.15, 0.2) is 0 Å². The van der Waals surface area contributed by atoms with Crippen LogP contribution in [0.1, 0.15) is 12.8 Å². The van der Waals surface area contributed by atoms with E-state index in [2.05, 4.69) is 34.6 Å². The van der Waals surface area contributed by atoms with Gasteiger partial charge >= 0.3 is 25.4 Å². The van der Waals surface area contributed by atoms with Crippen molar-refractivity contribution in [2.45, 2.75) is 12.8 Å². The molecular formula is C31H26N7O5Ru. The molecule has 1 aliphatic rings. The van der Waals surface area contributed by atoms with Crippen molar-refractivity contribution in [2.75, 3.05) is 6.61 Å². The number of hydrogen-bond donors (Lipinski definition) is 0. The van der Waals surface area contributed by atoms with Crippen LogP contribution in [-0.4, -0.2) is 54.4 Å². The van der Waals surface area contributed by atoms with Gasteiger partial charge in [-0.2, -0.15) is 0 Å². The van der Waals surface area contributed by atoms with Crippen molar-refractivity contribution in [2.24, 2.45) is 0 Å². The first-order chi connectivity index (χ1) is 21.0. The summed E-state index contributed by atoms with van der Waals surface area (Å²) in [6.07, 6.45) is 7.17. The number of pyridine rings is 5. The largest absolute Gasteiger partial charge is 1.00 e. The summed E-state index contributed by atoms with van der Waals surface area (Å²) in [4.78, 5) is 62.0. The van der Waals surface area contributed by atoms with Crippen molar-refractivity contribution in [1.82, 2.24) is 30.0 Å². The minimum absolute atomic E-state index is 0. The summed E-state index contributed by atoms with van der Waals surface area (Å²) in [5, 5.41) is 0.404. The number of aromatic nitrogens is 5. The van der Waals surface area contributed by atoms with Gasteiger partial charge in [-0.1, -0.05) is 30.3 Å². The van der Waals surface area contributed by atoms with E-state index in [0.29, 0.717) is 5.06 Å². The van der Waals surface area contributed by atoms with Crippen LogP contribution in [0.4, 0.5) is 0 Å². The SMILES string of the molecule is [NH-]OCC(=O)ON1C(=O)CCC1=O.[Ru+].c1ccc(-c2cccc(-c3ccccn3)n2)nc1.c1ccc(-c2ccccn2)nc1. The van der Waals surface area contributed by atoms with E-state index in [-0.39, 0.29) is 32.3 Å². The number of nitrogens with zero attached hydrogens (tertiary/aromatic N) is 6. The molecule has 5 aromatic rings. The van der Waals surface area contributed by atoms with Crippen LogP contribution >= 0.6 is 0 Å². The fourth-order valence-electron chi connectivity index (χ4n) is 3.62. The Bertz CT molecular complexity index is 1510. The number of hydrogen-bond acceptors (Lipinski definition) is 10. The van der Waals surface area contributed by atoms with Crippen molar-refractivity contribution in [3.8, 4) is 34.2 Å². The number of amides is 2. The molecule has 1 fully saturated rings. The van der Waals surface area contributed by atoms with Gasteiger partial charge in [0.2, 0.25) is 0 Å². The zero-order valence-corrected chi connectivity index (χ0v) is 24.9. The normalized spacial score (nSPS) is 11.7. The van der Waals surface area contributed by atoms with Crippen LogP contribution < -0.4 is 0 Å². The predicted octanol–water partition coefficient (Wildman–Crippen LogP) is 4.92.